The van der Waals surface area contributed by atoms with Gasteiger partial charge in [0.05, 0.1) is 30.0 Å². The minimum Gasteiger partial charge on any atom is -0.506 e. The first-order valence-corrected chi connectivity index (χ1v) is 23.7. The Kier molecular flexibility index (Phi) is 12.8. The van der Waals surface area contributed by atoms with Crippen molar-refractivity contribution in [2.24, 2.45) is 5.92 Å². The third kappa shape index (κ3) is 9.82. The van der Waals surface area contributed by atoms with E-state index in [9.17, 15) is 19.8 Å². The number of carbonyl (C=O) groups is 1. The van der Waals surface area contributed by atoms with Crippen molar-refractivity contribution in [1.82, 2.24) is 15.2 Å². The minimum absolute atomic E-state index is 0.0164. The lowest BCUT2D eigenvalue weighted by atomic mass is 9.82. The highest BCUT2D eigenvalue weighted by Crippen LogP contribution is 2.42. The molecule has 59 heavy (non-hydrogen) atoms. The second-order valence-corrected chi connectivity index (χ2v) is 22.2. The van der Waals surface area contributed by atoms with Crippen molar-refractivity contribution >= 4 is 37.1 Å². The number of hydrogen-bond donors (Lipinski definition) is 4. The van der Waals surface area contributed by atoms with E-state index in [1.807, 2.05) is 66.7 Å². The fourth-order valence-electron chi connectivity index (χ4n) is 8.21. The molecule has 4 N–H and O–H groups in total. The van der Waals surface area contributed by atoms with Crippen molar-refractivity contribution in [3.8, 4) is 22.6 Å². The molecule has 1 aromatic heterocycles. The van der Waals surface area contributed by atoms with Crippen LogP contribution in [0.5, 0.6) is 11.5 Å². The number of fused-ring (bicyclic) bond motifs is 4. The van der Waals surface area contributed by atoms with E-state index >= 15 is 0 Å². The first-order chi connectivity index (χ1) is 28.3. The molecule has 310 valence electrons. The van der Waals surface area contributed by atoms with E-state index in [0.29, 0.717) is 37.6 Å². The van der Waals surface area contributed by atoms with Crippen LogP contribution in [0, 0.1) is 5.92 Å². The summed E-state index contributed by atoms with van der Waals surface area (Å²) in [4.78, 5) is 31.9. The van der Waals surface area contributed by atoms with E-state index in [0.717, 1.165) is 77.1 Å². The van der Waals surface area contributed by atoms with Gasteiger partial charge in [0, 0.05) is 36.7 Å². The third-order valence-electron chi connectivity index (χ3n) is 12.4. The number of phenols is 1. The number of anilines is 1. The molecular weight excluding hydrogens is 757 g/mol. The van der Waals surface area contributed by atoms with E-state index in [2.05, 4.69) is 73.4 Å². The van der Waals surface area contributed by atoms with Crippen molar-refractivity contribution in [1.29, 1.82) is 0 Å². The Balaban J connectivity index is 0.999. The van der Waals surface area contributed by atoms with Crippen molar-refractivity contribution in [3.05, 3.63) is 130 Å². The number of carboxylic acid groups (broad SMARTS) is 1. The number of aromatic nitrogens is 1. The lowest BCUT2D eigenvalue weighted by Crippen LogP contribution is -2.59. The highest BCUT2D eigenvalue weighted by Gasteiger charge is 2.41. The van der Waals surface area contributed by atoms with Crippen molar-refractivity contribution in [2.45, 2.75) is 76.9 Å². The summed E-state index contributed by atoms with van der Waals surface area (Å²) in [6, 6.07) is 30.9. The molecule has 5 aromatic rings. The van der Waals surface area contributed by atoms with Gasteiger partial charge >= 0.3 is 6.09 Å². The van der Waals surface area contributed by atoms with Crippen LogP contribution in [-0.2, 0) is 11.0 Å². The zero-order valence-electron chi connectivity index (χ0n) is 34.9. The molecule has 3 fully saturated rings. The van der Waals surface area contributed by atoms with E-state index in [-0.39, 0.29) is 28.5 Å². The minimum atomic E-state index is -2.21. The standard InChI is InChI=1S/C48H58N4O6Si/c1-48(2,3)59(4,5)58-44(39-19-21-43(53)46-40(39)20-22-45(54)50-46)31-49-30-34-13-11-16-37(28-34)57-27-10-9-12-33-17-18-38(35-14-7-6-8-15-35)41(29-33)52(47(55)56)42-32-51-25-23-36(42)24-26-51/h6-9,11-22,28-29,36,42,44,49,53H,10,23-27,30-32H2,1-5H3,(H,50,54)(H,55,56)/b12-9+/t42-,44+/m0/s1. The molecule has 11 heteroatoms. The molecule has 8 rings (SSSR count). The van der Waals surface area contributed by atoms with Crippen LogP contribution in [-0.4, -0.2) is 73.3 Å². The van der Waals surface area contributed by atoms with E-state index in [1.54, 1.807) is 17.0 Å². The number of rotatable bonds is 15. The van der Waals surface area contributed by atoms with Gasteiger partial charge in [0.1, 0.15) is 11.5 Å². The number of aromatic amines is 1. The monoisotopic (exact) mass is 814 g/mol. The fraction of sp³-hybridized carbons (Fsp3) is 0.375. The van der Waals surface area contributed by atoms with Gasteiger partial charge in [0.15, 0.2) is 8.32 Å². The molecule has 0 aliphatic carbocycles. The van der Waals surface area contributed by atoms with Gasteiger partial charge in [0.2, 0.25) is 5.56 Å². The summed E-state index contributed by atoms with van der Waals surface area (Å²) in [5, 5.41) is 25.5. The van der Waals surface area contributed by atoms with Crippen molar-refractivity contribution in [2.75, 3.05) is 37.7 Å². The average molecular weight is 815 g/mol. The molecule has 2 bridgehead atoms. The Bertz CT molecular complexity index is 2330. The maximum atomic E-state index is 13.0. The Hall–Kier alpha value is -5.20. The van der Waals surface area contributed by atoms with Crippen LogP contribution in [0.1, 0.15) is 62.8 Å². The number of pyridine rings is 1. The van der Waals surface area contributed by atoms with Crippen LogP contribution in [0.2, 0.25) is 18.1 Å². The van der Waals surface area contributed by atoms with Crippen LogP contribution in [0.4, 0.5) is 10.5 Å². The number of hydrogen-bond acceptors (Lipinski definition) is 7. The van der Waals surface area contributed by atoms with Crippen molar-refractivity contribution < 1.29 is 24.2 Å². The fourth-order valence-corrected chi connectivity index (χ4v) is 9.48. The maximum Gasteiger partial charge on any atom is 0.412 e. The van der Waals surface area contributed by atoms with Gasteiger partial charge in [-0.1, -0.05) is 93.6 Å². The average Bonchev–Trinajstić information content (AvgIpc) is 3.21. The Morgan fingerprint density at radius 2 is 1.78 bits per heavy atom. The molecule has 0 spiro atoms. The summed E-state index contributed by atoms with van der Waals surface area (Å²) < 4.78 is 13.2. The first kappa shape index (κ1) is 41.9. The molecule has 0 saturated carbocycles. The molecule has 4 aromatic carbocycles. The smallest absolute Gasteiger partial charge is 0.412 e. The quantitative estimate of drug-likeness (QED) is 0.0608. The maximum absolute atomic E-state index is 13.0. The van der Waals surface area contributed by atoms with E-state index in [1.165, 1.54) is 6.07 Å². The van der Waals surface area contributed by atoms with Gasteiger partial charge in [-0.2, -0.15) is 0 Å². The van der Waals surface area contributed by atoms with Crippen LogP contribution >= 0.6 is 0 Å². The molecule has 10 nitrogen and oxygen atoms in total. The van der Waals surface area contributed by atoms with Crippen LogP contribution in [0.3, 0.4) is 0 Å². The second kappa shape index (κ2) is 18.0. The highest BCUT2D eigenvalue weighted by atomic mass is 28.4. The number of nitrogens with zero attached hydrogens (tertiary/aromatic N) is 2. The molecule has 4 heterocycles. The molecule has 1 amide bonds. The van der Waals surface area contributed by atoms with Crippen LogP contribution in [0.15, 0.2) is 108 Å². The zero-order valence-corrected chi connectivity index (χ0v) is 35.9. The van der Waals surface area contributed by atoms with Crippen LogP contribution < -0.4 is 20.5 Å². The summed E-state index contributed by atoms with van der Waals surface area (Å²) in [6.07, 6.45) is 5.66. The number of ether oxygens (including phenoxy) is 1. The van der Waals surface area contributed by atoms with Gasteiger partial charge in [-0.3, -0.25) is 9.69 Å². The summed E-state index contributed by atoms with van der Waals surface area (Å²) in [7, 11) is -2.21. The summed E-state index contributed by atoms with van der Waals surface area (Å²) in [6.45, 7) is 15.6. The molecular formula is C48H58N4O6Si. The Morgan fingerprint density at radius 1 is 1.00 bits per heavy atom. The lowest BCUT2D eigenvalue weighted by molar-refractivity contribution is 0.0838. The highest BCUT2D eigenvalue weighted by molar-refractivity contribution is 6.74. The number of nitrogens with one attached hydrogen (secondary N) is 2. The van der Waals surface area contributed by atoms with Gasteiger partial charge in [0.25, 0.3) is 0 Å². The van der Waals surface area contributed by atoms with Gasteiger partial charge < -0.3 is 34.6 Å². The lowest BCUT2D eigenvalue weighted by Gasteiger charge is -2.48. The number of H-pyrrole nitrogens is 1. The number of amides is 1. The van der Waals surface area contributed by atoms with Crippen molar-refractivity contribution in [3.63, 3.8) is 0 Å². The third-order valence-corrected chi connectivity index (χ3v) is 16.9. The second-order valence-electron chi connectivity index (χ2n) is 17.5. The summed E-state index contributed by atoms with van der Waals surface area (Å²) in [5.74, 6) is 1.18. The normalized spacial score (nSPS) is 18.6. The zero-order chi connectivity index (χ0) is 41.7. The molecule has 2 atom stereocenters. The Labute approximate surface area is 348 Å². The molecule has 0 unspecified atom stereocenters. The van der Waals surface area contributed by atoms with Gasteiger partial charge in [-0.05, 0) is 109 Å². The molecule has 3 aliphatic heterocycles. The number of benzene rings is 4. The van der Waals surface area contributed by atoms with Gasteiger partial charge in [-0.15, -0.1) is 0 Å². The molecule has 3 saturated heterocycles. The summed E-state index contributed by atoms with van der Waals surface area (Å²) >= 11 is 0. The summed E-state index contributed by atoms with van der Waals surface area (Å²) in [5.41, 5.74) is 5.73. The molecule has 3 aliphatic rings. The largest absolute Gasteiger partial charge is 0.506 e. The number of piperidine rings is 3. The Morgan fingerprint density at radius 3 is 2.49 bits per heavy atom. The number of aromatic hydroxyl groups is 1. The van der Waals surface area contributed by atoms with E-state index < -0.39 is 14.4 Å². The van der Waals surface area contributed by atoms with Crippen LogP contribution in [0.25, 0.3) is 28.1 Å². The predicted octanol–water partition coefficient (Wildman–Crippen LogP) is 9.81. The molecule has 0 radical (unpaired) electrons. The topological polar surface area (TPSA) is 127 Å². The number of phenolic OH excluding ortho intramolecular Hbond substituents is 1. The predicted molar refractivity (Wildman–Crippen MR) is 240 cm³/mol. The van der Waals surface area contributed by atoms with Gasteiger partial charge in [-0.25, -0.2) is 4.79 Å². The SMILES string of the molecule is CC(C)(C)[Si](C)(C)O[C@H](CNCc1cccc(OCC/C=C/c2ccc(-c3ccccc3)c(N(C(=O)O)[C@H]3CN4CCC3CC4)c2)c1)c1ccc(O)c2[nH]c(=O)ccc12. The first-order valence-electron chi connectivity index (χ1n) is 20.8. The van der Waals surface area contributed by atoms with E-state index in [4.69, 9.17) is 9.16 Å².